The number of esters is 1. The third-order valence-corrected chi connectivity index (χ3v) is 7.72. The summed E-state index contributed by atoms with van der Waals surface area (Å²) in [5.74, 6) is 0.243. The first-order chi connectivity index (χ1) is 27.8. The van der Waals surface area contributed by atoms with E-state index >= 15 is 0 Å². The molecule has 2 aliphatic carbocycles. The molecule has 0 radical (unpaired) electrons. The molecule has 2 saturated carbocycles. The molecule has 1 amide bonds. The average molecular weight is 932 g/mol. The number of aromatic carboxylic acids is 1. The van der Waals surface area contributed by atoms with Crippen LogP contribution in [0.4, 0.5) is 36.4 Å². The van der Waals surface area contributed by atoms with E-state index in [9.17, 15) is 27.6 Å². The number of nitrogens with zero attached hydrogens (tertiary/aromatic N) is 5. The molecule has 5 rings (SSSR count). The average Bonchev–Trinajstić information content (AvgIpc) is 4.02. The van der Waals surface area contributed by atoms with Crippen LogP contribution in [0.3, 0.4) is 0 Å². The number of aromatic nitrogens is 5. The van der Waals surface area contributed by atoms with Gasteiger partial charge in [-0.15, -0.1) is 0 Å². The van der Waals surface area contributed by atoms with Gasteiger partial charge in [-0.3, -0.25) is 9.35 Å². The van der Waals surface area contributed by atoms with Gasteiger partial charge in [0.2, 0.25) is 5.91 Å². The standard InChI is InChI=1S/C17H24ClN5O3.C9H11ClN4O2.C4H5NO.C4H10O.CHF3O3S/c1-9(7-11(24)23-17(2,3)4)26-16(25)12-14(19)22-15(13(18)21-12)20-8-10-5-6-10;10-6-8(12-3-4-1-2-4)14-7(11)5(13-6)9(15)16;1-4-2-3-5-6-4;1-4(2,3)5;2-1(3,4)8(5,6)7/h7,10H,5-6,8H2,1-4H3,(H,23,24)(H3,19,20,22);4H,1-3H2,(H,15,16)(H3,11,12,14);2-3H,1H3;5H,1-3H3;(H,5,6,7)/b9-7+;;;;. The molecule has 20 nitrogen and oxygen atoms in total. The molecule has 0 atom stereocenters. The number of allylic oxidation sites excluding steroid dienone is 1. The predicted molar refractivity (Wildman–Crippen MR) is 220 cm³/mol. The molecule has 3 aromatic rings. The van der Waals surface area contributed by atoms with E-state index < -0.39 is 38.7 Å². The number of alkyl halides is 3. The van der Waals surface area contributed by atoms with Crippen LogP contribution in [-0.4, -0.2) is 95.9 Å². The number of anilines is 4. The number of nitrogens with one attached hydrogen (secondary N) is 3. The first-order valence-corrected chi connectivity index (χ1v) is 20.2. The van der Waals surface area contributed by atoms with Crippen LogP contribution in [-0.2, 0) is 19.6 Å². The van der Waals surface area contributed by atoms with E-state index in [1.165, 1.54) is 38.7 Å². The number of amides is 1. The van der Waals surface area contributed by atoms with Crippen LogP contribution < -0.4 is 27.4 Å². The van der Waals surface area contributed by atoms with Crippen molar-refractivity contribution < 1.29 is 60.0 Å². The van der Waals surface area contributed by atoms with Gasteiger partial charge in [0, 0.05) is 30.8 Å². The molecule has 2 fully saturated rings. The number of carbonyl (C=O) groups excluding carboxylic acids is 2. The van der Waals surface area contributed by atoms with Gasteiger partial charge in [-0.1, -0.05) is 28.4 Å². The third kappa shape index (κ3) is 24.1. The van der Waals surface area contributed by atoms with Gasteiger partial charge in [0.1, 0.15) is 11.5 Å². The Morgan fingerprint density at radius 1 is 0.902 bits per heavy atom. The third-order valence-electron chi connectivity index (χ3n) is 6.61. The molecule has 0 aliphatic heterocycles. The van der Waals surface area contributed by atoms with E-state index in [0.29, 0.717) is 23.5 Å². The van der Waals surface area contributed by atoms with E-state index in [-0.39, 0.29) is 45.0 Å². The second kappa shape index (κ2) is 23.3. The van der Waals surface area contributed by atoms with Crippen molar-refractivity contribution in [2.45, 2.75) is 97.7 Å². The van der Waals surface area contributed by atoms with Crippen LogP contribution in [0, 0.1) is 18.8 Å². The SMILES string of the molecule is C/C(=C\C(=O)NC(C)(C)C)OC(=O)c1nc(Cl)c(NCC2CC2)nc1N.CC(C)(C)O.Cc1ccno1.Nc1nc(NCC2CC2)c(Cl)nc1C(=O)O.O=S(=O)(O)C(F)(F)F. The quantitative estimate of drug-likeness (QED) is 0.0386. The number of halogens is 5. The fourth-order valence-corrected chi connectivity index (χ4v) is 4.00. The maximum absolute atomic E-state index is 12.2. The fourth-order valence-electron chi connectivity index (χ4n) is 3.61. The molecule has 2 aliphatic rings. The number of rotatable bonds is 10. The van der Waals surface area contributed by atoms with Crippen LogP contribution in [0.1, 0.15) is 101 Å². The lowest BCUT2D eigenvalue weighted by Gasteiger charge is -2.19. The van der Waals surface area contributed by atoms with Crippen molar-refractivity contribution in [2.75, 3.05) is 35.2 Å². The summed E-state index contributed by atoms with van der Waals surface area (Å²) in [4.78, 5) is 50.4. The Balaban J connectivity index is 0.000000446. The summed E-state index contributed by atoms with van der Waals surface area (Å²) in [6.45, 7) is 15.6. The smallest absolute Gasteiger partial charge is 0.476 e. The maximum Gasteiger partial charge on any atom is 0.522 e. The van der Waals surface area contributed by atoms with Crippen molar-refractivity contribution >= 4 is 74.4 Å². The first-order valence-electron chi connectivity index (χ1n) is 18.0. The molecule has 0 spiro atoms. The summed E-state index contributed by atoms with van der Waals surface area (Å²) >= 11 is 11.9. The fraction of sp³-hybridized carbons (Fsp3) is 0.543. The number of ether oxygens (including phenoxy) is 1. The van der Waals surface area contributed by atoms with E-state index in [4.69, 9.17) is 62.6 Å². The monoisotopic (exact) mass is 930 g/mol. The highest BCUT2D eigenvalue weighted by Crippen LogP contribution is 2.31. The molecular weight excluding hydrogens is 880 g/mol. The van der Waals surface area contributed by atoms with Gasteiger partial charge in [-0.25, -0.2) is 29.5 Å². The normalized spacial score (nSPS) is 13.9. The predicted octanol–water partition coefficient (Wildman–Crippen LogP) is 5.90. The first kappa shape index (κ1) is 54.0. The Hall–Kier alpha value is -5.04. The number of aryl methyl sites for hydroxylation is 1. The summed E-state index contributed by atoms with van der Waals surface area (Å²) in [5, 5.41) is 29.6. The van der Waals surface area contributed by atoms with Crippen LogP contribution in [0.5, 0.6) is 0 Å². The molecular formula is C35H51Cl2F3N10O10S. The molecule has 342 valence electrons. The number of carboxylic acids is 1. The summed E-state index contributed by atoms with van der Waals surface area (Å²) in [7, 11) is -5.84. The molecule has 26 heteroatoms. The second-order valence-electron chi connectivity index (χ2n) is 15.2. The molecule has 3 aromatic heterocycles. The molecule has 0 aromatic carbocycles. The van der Waals surface area contributed by atoms with E-state index in [2.05, 4.69) is 45.6 Å². The van der Waals surface area contributed by atoms with Gasteiger partial charge in [-0.05, 0) is 92.9 Å². The van der Waals surface area contributed by atoms with E-state index in [1.54, 1.807) is 33.0 Å². The molecule has 3 heterocycles. The van der Waals surface area contributed by atoms with Gasteiger partial charge in [0.25, 0.3) is 0 Å². The minimum absolute atomic E-state index is 0.0345. The molecule has 0 bridgehead atoms. The Morgan fingerprint density at radius 3 is 1.62 bits per heavy atom. The Bertz CT molecular complexity index is 2070. The zero-order valence-corrected chi connectivity index (χ0v) is 36.8. The minimum Gasteiger partial charge on any atom is -0.476 e. The molecule has 0 saturated heterocycles. The van der Waals surface area contributed by atoms with Crippen molar-refractivity contribution in [3.8, 4) is 0 Å². The van der Waals surface area contributed by atoms with Crippen molar-refractivity contribution in [3.05, 3.63) is 51.6 Å². The van der Waals surface area contributed by atoms with Crippen LogP contribution in [0.2, 0.25) is 10.3 Å². The van der Waals surface area contributed by atoms with Crippen molar-refractivity contribution in [3.63, 3.8) is 0 Å². The summed E-state index contributed by atoms with van der Waals surface area (Å²) in [6.07, 6.45) is 7.54. The largest absolute Gasteiger partial charge is 0.522 e. The van der Waals surface area contributed by atoms with Crippen molar-refractivity contribution in [1.29, 1.82) is 0 Å². The van der Waals surface area contributed by atoms with Crippen molar-refractivity contribution in [2.24, 2.45) is 11.8 Å². The number of aliphatic hydroxyl groups is 1. The summed E-state index contributed by atoms with van der Waals surface area (Å²) in [5.41, 5.74) is 4.31. The zero-order chi connectivity index (χ0) is 47.1. The highest BCUT2D eigenvalue weighted by Gasteiger charge is 2.44. The highest BCUT2D eigenvalue weighted by atomic mass is 35.5. The molecule has 10 N–H and O–H groups in total. The number of nitrogens with two attached hydrogens (primary N) is 2. The Kier molecular flexibility index (Phi) is 20.6. The number of nitrogen functional groups attached to an aromatic ring is 2. The van der Waals surface area contributed by atoms with Gasteiger partial charge in [-0.2, -0.15) is 21.6 Å². The van der Waals surface area contributed by atoms with Crippen LogP contribution >= 0.6 is 23.2 Å². The Labute approximate surface area is 360 Å². The second-order valence-corrected chi connectivity index (χ2v) is 17.4. The number of carboxylic acid groups (broad SMARTS) is 1. The molecule has 0 unspecified atom stereocenters. The van der Waals surface area contributed by atoms with Crippen LogP contribution in [0.25, 0.3) is 0 Å². The Morgan fingerprint density at radius 2 is 1.31 bits per heavy atom. The highest BCUT2D eigenvalue weighted by molar-refractivity contribution is 7.86. The lowest BCUT2D eigenvalue weighted by Crippen LogP contribution is -2.39. The lowest BCUT2D eigenvalue weighted by atomic mass is 10.1. The molecule has 61 heavy (non-hydrogen) atoms. The summed E-state index contributed by atoms with van der Waals surface area (Å²) < 4.78 is 67.2. The van der Waals surface area contributed by atoms with E-state index in [1.807, 2.05) is 27.7 Å². The minimum atomic E-state index is -5.84. The maximum atomic E-state index is 12.2. The lowest BCUT2D eigenvalue weighted by molar-refractivity contribution is -0.118. The van der Waals surface area contributed by atoms with Crippen molar-refractivity contribution in [1.82, 2.24) is 30.4 Å². The number of hydrogen-bond donors (Lipinski definition) is 8. The van der Waals surface area contributed by atoms with Gasteiger partial charge in [0.15, 0.2) is 45.0 Å². The zero-order valence-electron chi connectivity index (χ0n) is 34.5. The summed E-state index contributed by atoms with van der Waals surface area (Å²) in [6, 6.07) is 1.81. The van der Waals surface area contributed by atoms with Gasteiger partial charge in [0.05, 0.1) is 11.8 Å². The topological polar surface area (TPSA) is 321 Å². The van der Waals surface area contributed by atoms with E-state index in [0.717, 1.165) is 18.8 Å². The van der Waals surface area contributed by atoms with Gasteiger partial charge >= 0.3 is 27.6 Å². The van der Waals surface area contributed by atoms with Gasteiger partial charge < -0.3 is 46.9 Å². The van der Waals surface area contributed by atoms with Crippen LogP contribution in [0.15, 0.2) is 28.6 Å². The number of hydrogen-bond acceptors (Lipinski definition) is 17. The number of carbonyl (C=O) groups is 3.